The Morgan fingerprint density at radius 2 is 1.79 bits per heavy atom. The number of hydrogen-bond acceptors (Lipinski definition) is 3. The number of rotatable bonds is 1. The second-order valence-corrected chi connectivity index (χ2v) is 3.35. The number of hydrogen-bond donors (Lipinski definition) is 2. The summed E-state index contributed by atoms with van der Waals surface area (Å²) in [6, 6.07) is 3.48. The van der Waals surface area contributed by atoms with Crippen molar-refractivity contribution in [2.24, 2.45) is 0 Å². The third-order valence-electron chi connectivity index (χ3n) is 2.24. The molecule has 4 N–H and O–H groups in total. The summed E-state index contributed by atoms with van der Waals surface area (Å²) in [7, 11) is 1.71. The predicted molar refractivity (Wildman–Crippen MR) is 59.1 cm³/mol. The Kier molecular flexibility index (Phi) is 2.65. The third-order valence-corrected chi connectivity index (χ3v) is 2.24. The Morgan fingerprint density at radius 3 is 2.29 bits per heavy atom. The van der Waals surface area contributed by atoms with E-state index >= 15 is 0 Å². The van der Waals surface area contributed by atoms with Gasteiger partial charge in [-0.25, -0.2) is 0 Å². The number of nitrogens with zero attached hydrogens (tertiary/aromatic N) is 1. The number of amides is 1. The summed E-state index contributed by atoms with van der Waals surface area (Å²) in [5.41, 5.74) is 14.1. The summed E-state index contributed by atoms with van der Waals surface area (Å²) < 4.78 is 0. The normalized spacial score (nSPS) is 9.93. The number of nitrogen functional groups attached to an aromatic ring is 2. The zero-order valence-electron chi connectivity index (χ0n) is 8.66. The minimum Gasteiger partial charge on any atom is -0.397 e. The first-order chi connectivity index (χ1) is 6.43. The van der Waals surface area contributed by atoms with E-state index in [-0.39, 0.29) is 5.91 Å². The largest absolute Gasteiger partial charge is 0.397 e. The van der Waals surface area contributed by atoms with Crippen molar-refractivity contribution in [1.82, 2.24) is 0 Å². The van der Waals surface area contributed by atoms with E-state index < -0.39 is 0 Å². The van der Waals surface area contributed by atoms with Crippen LogP contribution >= 0.6 is 0 Å². The number of carbonyl (C=O) groups is 1. The fourth-order valence-corrected chi connectivity index (χ4v) is 1.27. The van der Waals surface area contributed by atoms with Crippen LogP contribution in [0.4, 0.5) is 17.1 Å². The first kappa shape index (κ1) is 10.4. The highest BCUT2D eigenvalue weighted by Gasteiger charge is 2.10. The molecule has 0 aromatic heterocycles. The van der Waals surface area contributed by atoms with Gasteiger partial charge in [0.15, 0.2) is 0 Å². The maximum absolute atomic E-state index is 11.1. The van der Waals surface area contributed by atoms with Crippen molar-refractivity contribution < 1.29 is 4.79 Å². The van der Waals surface area contributed by atoms with Gasteiger partial charge < -0.3 is 16.4 Å². The minimum atomic E-state index is -0.0303. The summed E-state index contributed by atoms with van der Waals surface area (Å²) in [5.74, 6) is -0.0303. The Balaban J connectivity index is 3.22. The number of anilines is 3. The first-order valence-electron chi connectivity index (χ1n) is 4.33. The fraction of sp³-hybridized carbons (Fsp3) is 0.300. The van der Waals surface area contributed by atoms with Crippen LogP contribution in [0.25, 0.3) is 0 Å². The lowest BCUT2D eigenvalue weighted by atomic mass is 10.1. The minimum absolute atomic E-state index is 0.0303. The molecule has 0 spiro atoms. The smallest absolute Gasteiger partial charge is 0.223 e. The van der Waals surface area contributed by atoms with Crippen LogP contribution < -0.4 is 16.4 Å². The Hall–Kier alpha value is -1.71. The molecule has 1 rings (SSSR count). The van der Waals surface area contributed by atoms with Crippen molar-refractivity contribution in [2.45, 2.75) is 13.8 Å². The van der Waals surface area contributed by atoms with Crippen molar-refractivity contribution in [1.29, 1.82) is 0 Å². The molecule has 0 atom stereocenters. The lowest BCUT2D eigenvalue weighted by Crippen LogP contribution is -2.23. The third kappa shape index (κ3) is 1.79. The second-order valence-electron chi connectivity index (χ2n) is 3.35. The topological polar surface area (TPSA) is 72.3 Å². The zero-order chi connectivity index (χ0) is 10.9. The van der Waals surface area contributed by atoms with Crippen LogP contribution in [0.3, 0.4) is 0 Å². The molecule has 0 bridgehead atoms. The van der Waals surface area contributed by atoms with Crippen LogP contribution in [0.15, 0.2) is 12.1 Å². The van der Waals surface area contributed by atoms with Crippen molar-refractivity contribution in [2.75, 3.05) is 23.4 Å². The lowest BCUT2D eigenvalue weighted by molar-refractivity contribution is -0.116. The molecule has 0 saturated heterocycles. The molecule has 0 fully saturated rings. The van der Waals surface area contributed by atoms with E-state index in [4.69, 9.17) is 11.5 Å². The Labute approximate surface area is 83.5 Å². The van der Waals surface area contributed by atoms with Gasteiger partial charge in [0.25, 0.3) is 0 Å². The Bertz CT molecular complexity index is 374. The van der Waals surface area contributed by atoms with Gasteiger partial charge in [-0.05, 0) is 24.6 Å². The molecule has 76 valence electrons. The molecule has 0 aliphatic rings. The summed E-state index contributed by atoms with van der Waals surface area (Å²) in [5, 5.41) is 0. The van der Waals surface area contributed by atoms with Gasteiger partial charge in [0, 0.05) is 19.7 Å². The maximum Gasteiger partial charge on any atom is 0.223 e. The summed E-state index contributed by atoms with van der Waals surface area (Å²) >= 11 is 0. The van der Waals surface area contributed by atoms with E-state index in [1.807, 2.05) is 6.92 Å². The standard InChI is InChI=1S/C10H15N3O/c1-6-4-8(11)9(12)5-10(6)13(3)7(2)14/h4-5H,11-12H2,1-3H3. The van der Waals surface area contributed by atoms with Gasteiger partial charge in [-0.1, -0.05) is 0 Å². The number of aryl methyl sites for hydroxylation is 1. The van der Waals surface area contributed by atoms with Crippen molar-refractivity contribution in [3.05, 3.63) is 17.7 Å². The second kappa shape index (κ2) is 3.57. The summed E-state index contributed by atoms with van der Waals surface area (Å²) in [4.78, 5) is 12.7. The monoisotopic (exact) mass is 193 g/mol. The van der Waals surface area contributed by atoms with Crippen LogP contribution in [0.2, 0.25) is 0 Å². The van der Waals surface area contributed by atoms with Crippen molar-refractivity contribution in [3.63, 3.8) is 0 Å². The summed E-state index contributed by atoms with van der Waals surface area (Å²) in [6.07, 6.45) is 0. The van der Waals surface area contributed by atoms with Crippen molar-refractivity contribution in [3.8, 4) is 0 Å². The van der Waals surface area contributed by atoms with E-state index in [1.54, 1.807) is 24.1 Å². The fourth-order valence-electron chi connectivity index (χ4n) is 1.27. The van der Waals surface area contributed by atoms with Crippen LogP contribution in [0, 0.1) is 6.92 Å². The molecule has 0 heterocycles. The van der Waals surface area contributed by atoms with Gasteiger partial charge in [-0.15, -0.1) is 0 Å². The van der Waals surface area contributed by atoms with Gasteiger partial charge in [-0.3, -0.25) is 4.79 Å². The highest BCUT2D eigenvalue weighted by molar-refractivity contribution is 5.93. The van der Waals surface area contributed by atoms with Crippen LogP contribution in [0.1, 0.15) is 12.5 Å². The van der Waals surface area contributed by atoms with E-state index in [1.165, 1.54) is 6.92 Å². The van der Waals surface area contributed by atoms with Gasteiger partial charge in [0.2, 0.25) is 5.91 Å². The number of carbonyl (C=O) groups excluding carboxylic acids is 1. The van der Waals surface area contributed by atoms with Crippen LogP contribution in [0.5, 0.6) is 0 Å². The Morgan fingerprint density at radius 1 is 1.29 bits per heavy atom. The molecule has 0 unspecified atom stereocenters. The molecule has 4 nitrogen and oxygen atoms in total. The van der Waals surface area contributed by atoms with E-state index in [0.29, 0.717) is 11.4 Å². The number of benzene rings is 1. The average molecular weight is 193 g/mol. The highest BCUT2D eigenvalue weighted by Crippen LogP contribution is 2.26. The lowest BCUT2D eigenvalue weighted by Gasteiger charge is -2.18. The molecule has 1 aromatic carbocycles. The van der Waals surface area contributed by atoms with Gasteiger partial charge in [0.1, 0.15) is 0 Å². The van der Waals surface area contributed by atoms with E-state index in [9.17, 15) is 4.79 Å². The van der Waals surface area contributed by atoms with Crippen LogP contribution in [-0.2, 0) is 4.79 Å². The molecule has 1 aromatic rings. The summed E-state index contributed by atoms with van der Waals surface area (Å²) in [6.45, 7) is 3.40. The molecule has 0 saturated carbocycles. The average Bonchev–Trinajstić information content (AvgIpc) is 2.10. The molecule has 0 aliphatic carbocycles. The highest BCUT2D eigenvalue weighted by atomic mass is 16.2. The van der Waals surface area contributed by atoms with Gasteiger partial charge >= 0.3 is 0 Å². The molecular weight excluding hydrogens is 178 g/mol. The molecule has 0 aliphatic heterocycles. The quantitative estimate of drug-likeness (QED) is 0.657. The first-order valence-corrected chi connectivity index (χ1v) is 4.33. The van der Waals surface area contributed by atoms with E-state index in [2.05, 4.69) is 0 Å². The molecule has 4 heteroatoms. The molecule has 14 heavy (non-hydrogen) atoms. The zero-order valence-corrected chi connectivity index (χ0v) is 8.66. The van der Waals surface area contributed by atoms with E-state index in [0.717, 1.165) is 11.3 Å². The SMILES string of the molecule is CC(=O)N(C)c1cc(N)c(N)cc1C. The molecular formula is C10H15N3O. The van der Waals surface area contributed by atoms with Gasteiger partial charge in [0.05, 0.1) is 11.4 Å². The van der Waals surface area contributed by atoms with Gasteiger partial charge in [-0.2, -0.15) is 0 Å². The molecule has 0 radical (unpaired) electrons. The predicted octanol–water partition coefficient (Wildman–Crippen LogP) is 1.14. The maximum atomic E-state index is 11.1. The van der Waals surface area contributed by atoms with Crippen LogP contribution in [-0.4, -0.2) is 13.0 Å². The number of nitrogens with two attached hydrogens (primary N) is 2. The van der Waals surface area contributed by atoms with Crippen molar-refractivity contribution >= 4 is 23.0 Å². The molecule has 1 amide bonds.